The Morgan fingerprint density at radius 2 is 2.00 bits per heavy atom. The molecule has 0 saturated heterocycles. The molecule has 4 rings (SSSR count). The molecule has 1 aromatic rings. The van der Waals surface area contributed by atoms with Crippen molar-refractivity contribution >= 4 is 11.8 Å². The van der Waals surface area contributed by atoms with Gasteiger partial charge in [0.25, 0.3) is 0 Å². The average molecular weight is 358 g/mol. The summed E-state index contributed by atoms with van der Waals surface area (Å²) >= 11 is 0. The van der Waals surface area contributed by atoms with Gasteiger partial charge < -0.3 is 10.6 Å². The molecule has 0 spiro atoms. The smallest absolute Gasteiger partial charge is 0.226 e. The van der Waals surface area contributed by atoms with E-state index in [1.165, 1.54) is 32.1 Å². The first-order valence-electron chi connectivity index (χ1n) is 10.2. The van der Waals surface area contributed by atoms with Gasteiger partial charge in [-0.1, -0.05) is 25.7 Å². The predicted octanol–water partition coefficient (Wildman–Crippen LogP) is 2.18. The van der Waals surface area contributed by atoms with Gasteiger partial charge in [0.05, 0.1) is 6.42 Å². The molecule has 3 fully saturated rings. The third kappa shape index (κ3) is 3.94. The zero-order chi connectivity index (χ0) is 17.9. The molecule has 1 aromatic heterocycles. The summed E-state index contributed by atoms with van der Waals surface area (Å²) in [6.07, 6.45) is 11.7. The van der Waals surface area contributed by atoms with Crippen LogP contribution in [0, 0.1) is 23.7 Å². The van der Waals surface area contributed by atoms with Crippen molar-refractivity contribution in [1.82, 2.24) is 20.8 Å². The number of aromatic amines is 1. The maximum Gasteiger partial charge on any atom is 0.226 e. The highest BCUT2D eigenvalue weighted by molar-refractivity contribution is 5.80. The van der Waals surface area contributed by atoms with Crippen molar-refractivity contribution in [2.45, 2.75) is 63.8 Å². The molecule has 3 atom stereocenters. The highest BCUT2D eigenvalue weighted by atomic mass is 16.2. The maximum atomic E-state index is 12.6. The number of nitrogens with zero attached hydrogens (tertiary/aromatic N) is 1. The minimum atomic E-state index is 0.0237. The Labute approximate surface area is 154 Å². The summed E-state index contributed by atoms with van der Waals surface area (Å²) in [5.41, 5.74) is 0.832. The molecule has 26 heavy (non-hydrogen) atoms. The van der Waals surface area contributed by atoms with Crippen molar-refractivity contribution in [2.75, 3.05) is 6.54 Å². The van der Waals surface area contributed by atoms with Crippen molar-refractivity contribution in [3.63, 3.8) is 0 Å². The number of hydrogen-bond acceptors (Lipinski definition) is 3. The number of aromatic nitrogens is 2. The fourth-order valence-electron chi connectivity index (χ4n) is 5.05. The van der Waals surface area contributed by atoms with Crippen molar-refractivity contribution in [2.24, 2.45) is 23.7 Å². The summed E-state index contributed by atoms with van der Waals surface area (Å²) in [6.45, 7) is 0.702. The molecule has 3 saturated carbocycles. The Kier molecular flexibility index (Phi) is 5.27. The largest absolute Gasteiger partial charge is 0.355 e. The van der Waals surface area contributed by atoms with Crippen LogP contribution in [0.5, 0.6) is 0 Å². The van der Waals surface area contributed by atoms with E-state index in [9.17, 15) is 9.59 Å². The minimum absolute atomic E-state index is 0.0237. The number of H-pyrrole nitrogens is 1. The fraction of sp³-hybridized carbons (Fsp3) is 0.750. The van der Waals surface area contributed by atoms with Gasteiger partial charge in [-0.15, -0.1) is 0 Å². The number of hydrogen-bond donors (Lipinski definition) is 3. The first-order chi connectivity index (χ1) is 12.7. The maximum absolute atomic E-state index is 12.6. The second-order valence-corrected chi connectivity index (χ2v) is 8.51. The zero-order valence-corrected chi connectivity index (χ0v) is 15.4. The average Bonchev–Trinajstić information content (AvgIpc) is 3.00. The van der Waals surface area contributed by atoms with Gasteiger partial charge in [0, 0.05) is 30.4 Å². The first kappa shape index (κ1) is 17.6. The Morgan fingerprint density at radius 1 is 1.15 bits per heavy atom. The van der Waals surface area contributed by atoms with Crippen molar-refractivity contribution in [3.05, 3.63) is 18.0 Å². The second-order valence-electron chi connectivity index (χ2n) is 8.51. The molecule has 0 aromatic carbocycles. The molecular formula is C20H30N4O2. The lowest BCUT2D eigenvalue weighted by molar-refractivity contribution is -0.135. The molecule has 0 aliphatic heterocycles. The molecule has 3 aliphatic carbocycles. The highest BCUT2D eigenvalue weighted by Gasteiger charge is 2.45. The van der Waals surface area contributed by atoms with Crippen LogP contribution < -0.4 is 10.6 Å². The van der Waals surface area contributed by atoms with Crippen LogP contribution in [0.2, 0.25) is 0 Å². The van der Waals surface area contributed by atoms with Crippen LogP contribution in [0.15, 0.2) is 12.3 Å². The molecular weight excluding hydrogens is 328 g/mol. The van der Waals surface area contributed by atoms with E-state index in [0.717, 1.165) is 30.9 Å². The third-order valence-corrected chi connectivity index (χ3v) is 6.71. The van der Waals surface area contributed by atoms with Crippen LogP contribution in [0.4, 0.5) is 0 Å². The summed E-state index contributed by atoms with van der Waals surface area (Å²) in [5.74, 6) is 2.53. The number of carbonyl (C=O) groups excluding carboxylic acids is 2. The molecule has 3 N–H and O–H groups in total. The molecule has 142 valence electrons. The van der Waals surface area contributed by atoms with E-state index >= 15 is 0 Å². The van der Waals surface area contributed by atoms with Gasteiger partial charge in [0.2, 0.25) is 11.8 Å². The Bertz CT molecular complexity index is 624. The minimum Gasteiger partial charge on any atom is -0.355 e. The van der Waals surface area contributed by atoms with E-state index in [-0.39, 0.29) is 11.8 Å². The van der Waals surface area contributed by atoms with Gasteiger partial charge in [0.1, 0.15) is 0 Å². The van der Waals surface area contributed by atoms with Crippen molar-refractivity contribution in [3.8, 4) is 0 Å². The van der Waals surface area contributed by atoms with E-state index < -0.39 is 0 Å². The van der Waals surface area contributed by atoms with Crippen molar-refractivity contribution in [1.29, 1.82) is 0 Å². The number of rotatable bonds is 6. The quantitative estimate of drug-likeness (QED) is 0.728. The molecule has 1 heterocycles. The highest BCUT2D eigenvalue weighted by Crippen LogP contribution is 2.48. The van der Waals surface area contributed by atoms with Crippen LogP contribution in [0.3, 0.4) is 0 Å². The topological polar surface area (TPSA) is 86.9 Å². The predicted molar refractivity (Wildman–Crippen MR) is 98.1 cm³/mol. The normalized spacial score (nSPS) is 33.2. The zero-order valence-electron chi connectivity index (χ0n) is 15.4. The van der Waals surface area contributed by atoms with E-state index in [0.29, 0.717) is 36.8 Å². The number of carbonyl (C=O) groups is 2. The molecule has 0 radical (unpaired) electrons. The second kappa shape index (κ2) is 7.80. The first-order valence-corrected chi connectivity index (χ1v) is 10.2. The van der Waals surface area contributed by atoms with Gasteiger partial charge in [-0.3, -0.25) is 14.7 Å². The molecule has 6 heteroatoms. The molecule has 0 bridgehead atoms. The van der Waals surface area contributed by atoms with Crippen LogP contribution in [0.25, 0.3) is 0 Å². The van der Waals surface area contributed by atoms with Gasteiger partial charge in [-0.2, -0.15) is 5.10 Å². The summed E-state index contributed by atoms with van der Waals surface area (Å²) in [4.78, 5) is 24.4. The van der Waals surface area contributed by atoms with Gasteiger partial charge in [-0.05, 0) is 49.5 Å². The summed E-state index contributed by atoms with van der Waals surface area (Å²) in [5, 5.41) is 12.9. The van der Waals surface area contributed by atoms with Crippen LogP contribution >= 0.6 is 0 Å². The van der Waals surface area contributed by atoms with Crippen LogP contribution in [0.1, 0.15) is 57.1 Å². The lowest BCUT2D eigenvalue weighted by Gasteiger charge is -2.45. The lowest BCUT2D eigenvalue weighted by Crippen LogP contribution is -2.53. The Morgan fingerprint density at radius 3 is 2.81 bits per heavy atom. The van der Waals surface area contributed by atoms with E-state index in [1.807, 2.05) is 6.07 Å². The molecule has 6 nitrogen and oxygen atoms in total. The SMILES string of the molecule is O=C(Cc1ccn[nH]1)NCC1CC(NC(=O)[C@@H]2C[C@@H]3CCCCC[C@@H]32)C1. The molecule has 0 unspecified atom stereocenters. The number of nitrogens with one attached hydrogen (secondary N) is 3. The summed E-state index contributed by atoms with van der Waals surface area (Å²) in [7, 11) is 0. The van der Waals surface area contributed by atoms with E-state index in [4.69, 9.17) is 0 Å². The Balaban J connectivity index is 1.12. The van der Waals surface area contributed by atoms with Crippen molar-refractivity contribution < 1.29 is 9.59 Å². The number of fused-ring (bicyclic) bond motifs is 1. The monoisotopic (exact) mass is 358 g/mol. The molecule has 2 amide bonds. The summed E-state index contributed by atoms with van der Waals surface area (Å²) in [6, 6.07) is 2.12. The van der Waals surface area contributed by atoms with E-state index in [2.05, 4.69) is 20.8 Å². The summed E-state index contributed by atoms with van der Waals surface area (Å²) < 4.78 is 0. The van der Waals surface area contributed by atoms with Crippen LogP contribution in [-0.4, -0.2) is 34.6 Å². The van der Waals surface area contributed by atoms with Gasteiger partial charge in [-0.25, -0.2) is 0 Å². The fourth-order valence-corrected chi connectivity index (χ4v) is 5.05. The standard InChI is InChI=1S/C20H30N4O2/c25-19(11-15-6-7-22-24-15)21-12-13-8-16(9-13)23-20(26)18-10-14-4-2-1-3-5-17(14)18/h6-7,13-14,16-18H,1-5,8-12H2,(H,21,25)(H,22,24)(H,23,26)/t13?,14-,16?,17-,18+/m0/s1. The van der Waals surface area contributed by atoms with Gasteiger partial charge in [0.15, 0.2) is 0 Å². The van der Waals surface area contributed by atoms with E-state index in [1.54, 1.807) is 6.20 Å². The Hall–Kier alpha value is -1.85. The molecule has 3 aliphatic rings. The van der Waals surface area contributed by atoms with Crippen LogP contribution in [-0.2, 0) is 16.0 Å². The van der Waals surface area contributed by atoms with Gasteiger partial charge >= 0.3 is 0 Å². The lowest BCUT2D eigenvalue weighted by atomic mass is 9.62. The number of amides is 2. The third-order valence-electron chi connectivity index (χ3n) is 6.71.